The van der Waals surface area contributed by atoms with Crippen LogP contribution in [0.2, 0.25) is 0 Å². The number of nitrogens with two attached hydrogens (primary N) is 1. The first-order valence-electron chi connectivity index (χ1n) is 4.99. The van der Waals surface area contributed by atoms with Gasteiger partial charge < -0.3 is 5.73 Å². The zero-order valence-corrected chi connectivity index (χ0v) is 8.34. The first-order chi connectivity index (χ1) is 5.59. The molecule has 0 aromatic heterocycles. The fourth-order valence-electron chi connectivity index (χ4n) is 2.21. The van der Waals surface area contributed by atoms with E-state index in [0.29, 0.717) is 6.04 Å². The van der Waals surface area contributed by atoms with Gasteiger partial charge in [-0.3, -0.25) is 0 Å². The standard InChI is InChI=1S/C11H21N/c1-8(2)6-11(12)10-5-4-9(3)7-10/h9-11H,1,4-7,12H2,2-3H3. The Morgan fingerprint density at radius 2 is 2.25 bits per heavy atom. The molecule has 0 heterocycles. The van der Waals surface area contributed by atoms with E-state index in [1.807, 2.05) is 0 Å². The predicted octanol–water partition coefficient (Wildman–Crippen LogP) is 2.72. The lowest BCUT2D eigenvalue weighted by Gasteiger charge is -2.18. The predicted molar refractivity (Wildman–Crippen MR) is 53.9 cm³/mol. The summed E-state index contributed by atoms with van der Waals surface area (Å²) in [6, 6.07) is 0.368. The molecule has 0 saturated heterocycles. The fraction of sp³-hybridized carbons (Fsp3) is 0.818. The average Bonchev–Trinajstić information content (AvgIpc) is 2.34. The van der Waals surface area contributed by atoms with Gasteiger partial charge in [0.1, 0.15) is 0 Å². The Labute approximate surface area is 76.0 Å². The van der Waals surface area contributed by atoms with Gasteiger partial charge in [-0.2, -0.15) is 0 Å². The van der Waals surface area contributed by atoms with Crippen molar-refractivity contribution in [2.24, 2.45) is 17.6 Å². The Balaban J connectivity index is 2.32. The monoisotopic (exact) mass is 167 g/mol. The normalized spacial score (nSPS) is 31.9. The molecule has 1 rings (SSSR count). The van der Waals surface area contributed by atoms with E-state index in [9.17, 15) is 0 Å². The summed E-state index contributed by atoms with van der Waals surface area (Å²) in [7, 11) is 0. The molecule has 1 aliphatic carbocycles. The third-order valence-electron chi connectivity index (χ3n) is 2.93. The van der Waals surface area contributed by atoms with Crippen LogP contribution in [0.1, 0.15) is 39.5 Å². The van der Waals surface area contributed by atoms with Crippen LogP contribution in [-0.4, -0.2) is 6.04 Å². The Morgan fingerprint density at radius 3 is 2.67 bits per heavy atom. The SMILES string of the molecule is C=C(C)CC(N)C1CCC(C)C1. The van der Waals surface area contributed by atoms with Gasteiger partial charge in [0.2, 0.25) is 0 Å². The van der Waals surface area contributed by atoms with Gasteiger partial charge in [-0.1, -0.05) is 18.9 Å². The second-order valence-electron chi connectivity index (χ2n) is 4.50. The molecular weight excluding hydrogens is 146 g/mol. The van der Waals surface area contributed by atoms with Crippen LogP contribution in [0, 0.1) is 11.8 Å². The van der Waals surface area contributed by atoms with Gasteiger partial charge in [-0.05, 0) is 38.0 Å². The van der Waals surface area contributed by atoms with E-state index in [4.69, 9.17) is 5.73 Å². The Hall–Kier alpha value is -0.300. The highest BCUT2D eigenvalue weighted by Crippen LogP contribution is 2.33. The quantitative estimate of drug-likeness (QED) is 0.643. The third kappa shape index (κ3) is 2.63. The summed E-state index contributed by atoms with van der Waals surface area (Å²) in [6.45, 7) is 8.30. The lowest BCUT2D eigenvalue weighted by atomic mass is 9.93. The van der Waals surface area contributed by atoms with Gasteiger partial charge >= 0.3 is 0 Å². The van der Waals surface area contributed by atoms with Crippen LogP contribution in [0.25, 0.3) is 0 Å². The summed E-state index contributed by atoms with van der Waals surface area (Å²) in [5, 5.41) is 0. The molecule has 0 aromatic rings. The maximum absolute atomic E-state index is 6.08. The second-order valence-corrected chi connectivity index (χ2v) is 4.50. The summed E-state index contributed by atoms with van der Waals surface area (Å²) >= 11 is 0. The lowest BCUT2D eigenvalue weighted by Crippen LogP contribution is -2.28. The van der Waals surface area contributed by atoms with E-state index in [-0.39, 0.29) is 0 Å². The zero-order valence-electron chi connectivity index (χ0n) is 8.34. The van der Waals surface area contributed by atoms with Gasteiger partial charge in [0.15, 0.2) is 0 Å². The summed E-state index contributed by atoms with van der Waals surface area (Å²) in [5.41, 5.74) is 7.31. The van der Waals surface area contributed by atoms with Gasteiger partial charge in [0, 0.05) is 6.04 Å². The summed E-state index contributed by atoms with van der Waals surface area (Å²) in [6.07, 6.45) is 5.04. The van der Waals surface area contributed by atoms with Crippen molar-refractivity contribution in [2.45, 2.75) is 45.6 Å². The van der Waals surface area contributed by atoms with Crippen LogP contribution < -0.4 is 5.73 Å². The molecule has 0 radical (unpaired) electrons. The van der Waals surface area contributed by atoms with Crippen molar-refractivity contribution in [1.82, 2.24) is 0 Å². The zero-order chi connectivity index (χ0) is 9.14. The first kappa shape index (κ1) is 9.79. The maximum Gasteiger partial charge on any atom is 0.0104 e. The van der Waals surface area contributed by atoms with Crippen LogP contribution in [-0.2, 0) is 0 Å². The Kier molecular flexibility index (Phi) is 3.33. The van der Waals surface area contributed by atoms with E-state index >= 15 is 0 Å². The molecule has 1 nitrogen and oxygen atoms in total. The Bertz CT molecular complexity index is 162. The molecule has 70 valence electrons. The van der Waals surface area contributed by atoms with Crippen molar-refractivity contribution in [2.75, 3.05) is 0 Å². The molecule has 3 atom stereocenters. The summed E-state index contributed by atoms with van der Waals surface area (Å²) < 4.78 is 0. The minimum absolute atomic E-state index is 0.368. The first-order valence-corrected chi connectivity index (χ1v) is 4.99. The van der Waals surface area contributed by atoms with Crippen LogP contribution in [0.3, 0.4) is 0 Å². The molecule has 1 heteroatoms. The summed E-state index contributed by atoms with van der Waals surface area (Å²) in [5.74, 6) is 1.66. The van der Waals surface area contributed by atoms with Crippen LogP contribution in [0.15, 0.2) is 12.2 Å². The molecule has 1 aliphatic rings. The highest BCUT2D eigenvalue weighted by Gasteiger charge is 2.26. The van der Waals surface area contributed by atoms with Gasteiger partial charge in [0.05, 0.1) is 0 Å². The number of rotatable bonds is 3. The van der Waals surface area contributed by atoms with E-state index < -0.39 is 0 Å². The van der Waals surface area contributed by atoms with Gasteiger partial charge in [-0.15, -0.1) is 6.58 Å². The second kappa shape index (κ2) is 4.08. The molecule has 0 aliphatic heterocycles. The molecular formula is C11H21N. The molecule has 3 unspecified atom stereocenters. The molecule has 0 bridgehead atoms. The molecule has 0 amide bonds. The van der Waals surface area contributed by atoms with E-state index in [0.717, 1.165) is 18.3 Å². The Morgan fingerprint density at radius 1 is 1.58 bits per heavy atom. The maximum atomic E-state index is 6.08. The number of hydrogen-bond donors (Lipinski definition) is 1. The van der Waals surface area contributed by atoms with Crippen LogP contribution >= 0.6 is 0 Å². The molecule has 12 heavy (non-hydrogen) atoms. The van der Waals surface area contributed by atoms with Crippen molar-refractivity contribution in [3.63, 3.8) is 0 Å². The molecule has 1 saturated carbocycles. The molecule has 0 spiro atoms. The highest BCUT2D eigenvalue weighted by molar-refractivity contribution is 4.95. The number of hydrogen-bond acceptors (Lipinski definition) is 1. The van der Waals surface area contributed by atoms with Crippen molar-refractivity contribution in [3.05, 3.63) is 12.2 Å². The summed E-state index contributed by atoms with van der Waals surface area (Å²) in [4.78, 5) is 0. The fourth-order valence-corrected chi connectivity index (χ4v) is 2.21. The van der Waals surface area contributed by atoms with E-state index in [2.05, 4.69) is 20.4 Å². The van der Waals surface area contributed by atoms with Crippen molar-refractivity contribution in [3.8, 4) is 0 Å². The molecule has 1 fully saturated rings. The third-order valence-corrected chi connectivity index (χ3v) is 2.93. The molecule has 0 aromatic carbocycles. The van der Waals surface area contributed by atoms with E-state index in [1.54, 1.807) is 0 Å². The van der Waals surface area contributed by atoms with Gasteiger partial charge in [0.25, 0.3) is 0 Å². The smallest absolute Gasteiger partial charge is 0.0104 e. The van der Waals surface area contributed by atoms with Crippen LogP contribution in [0.5, 0.6) is 0 Å². The van der Waals surface area contributed by atoms with Crippen molar-refractivity contribution in [1.29, 1.82) is 0 Å². The minimum Gasteiger partial charge on any atom is -0.327 e. The topological polar surface area (TPSA) is 26.0 Å². The van der Waals surface area contributed by atoms with Gasteiger partial charge in [-0.25, -0.2) is 0 Å². The van der Waals surface area contributed by atoms with Crippen molar-refractivity contribution >= 4 is 0 Å². The molecule has 2 N–H and O–H groups in total. The average molecular weight is 167 g/mol. The van der Waals surface area contributed by atoms with Crippen LogP contribution in [0.4, 0.5) is 0 Å². The highest BCUT2D eigenvalue weighted by atomic mass is 14.7. The minimum atomic E-state index is 0.368. The van der Waals surface area contributed by atoms with E-state index in [1.165, 1.54) is 24.8 Å². The van der Waals surface area contributed by atoms with Crippen molar-refractivity contribution < 1.29 is 0 Å². The largest absolute Gasteiger partial charge is 0.327 e. The lowest BCUT2D eigenvalue weighted by molar-refractivity contribution is 0.415.